The zero-order chi connectivity index (χ0) is 9.10. The second kappa shape index (κ2) is 4.05. The van der Waals surface area contributed by atoms with Crippen LogP contribution in [0.5, 0.6) is 0 Å². The average Bonchev–Trinajstić information content (AvgIpc) is 2.70. The monoisotopic (exact) mass is 184 g/mol. The van der Waals surface area contributed by atoms with Gasteiger partial charge in [-0.1, -0.05) is 12.8 Å². The topological polar surface area (TPSA) is 41.9 Å². The van der Waals surface area contributed by atoms with Gasteiger partial charge in [-0.15, -0.1) is 4.91 Å². The fourth-order valence-electron chi connectivity index (χ4n) is 2.50. The highest BCUT2D eigenvalue weighted by Crippen LogP contribution is 2.27. The van der Waals surface area contributed by atoms with Gasteiger partial charge in [0.2, 0.25) is 0 Å². The van der Waals surface area contributed by atoms with Gasteiger partial charge >= 0.3 is 0 Å². The van der Waals surface area contributed by atoms with Gasteiger partial charge < -0.3 is 4.84 Å². The highest BCUT2D eigenvalue weighted by atomic mass is 16.7. The second-order valence-electron chi connectivity index (χ2n) is 4.02. The van der Waals surface area contributed by atoms with Crippen molar-refractivity contribution < 1.29 is 4.84 Å². The molecule has 0 amide bonds. The normalized spacial score (nSPS) is 30.9. The van der Waals surface area contributed by atoms with Crippen LogP contribution < -0.4 is 0 Å². The summed E-state index contributed by atoms with van der Waals surface area (Å²) in [7, 11) is 0. The third kappa shape index (κ3) is 1.99. The molecule has 0 aromatic rings. The lowest BCUT2D eigenvalue weighted by atomic mass is 10.2. The van der Waals surface area contributed by atoms with Gasteiger partial charge in [0, 0.05) is 25.6 Å². The number of nitrogens with zero attached hydrogens (tertiary/aromatic N) is 2. The molecule has 0 radical (unpaired) electrons. The Morgan fingerprint density at radius 2 is 2.00 bits per heavy atom. The van der Waals surface area contributed by atoms with Crippen molar-refractivity contribution in [2.45, 2.75) is 44.2 Å². The number of hydrogen-bond acceptors (Lipinski definition) is 4. The van der Waals surface area contributed by atoms with Gasteiger partial charge in [-0.05, 0) is 12.8 Å². The number of rotatable bonds is 3. The zero-order valence-electron chi connectivity index (χ0n) is 7.82. The molecule has 0 aromatic heterocycles. The molecular weight excluding hydrogens is 168 g/mol. The van der Waals surface area contributed by atoms with E-state index in [1.54, 1.807) is 0 Å². The standard InChI is InChI=1S/C9H16N2O2/c12-10-13-9-5-6-11(7-9)8-3-1-2-4-8/h8-9H,1-7H2. The maximum Gasteiger partial charge on any atom is 0.155 e. The van der Waals surface area contributed by atoms with E-state index in [0.29, 0.717) is 0 Å². The van der Waals surface area contributed by atoms with E-state index in [1.165, 1.54) is 25.7 Å². The van der Waals surface area contributed by atoms with E-state index in [-0.39, 0.29) is 6.10 Å². The largest absolute Gasteiger partial charge is 0.359 e. The molecule has 0 aromatic carbocycles. The van der Waals surface area contributed by atoms with Crippen molar-refractivity contribution in [2.24, 2.45) is 5.34 Å². The maximum atomic E-state index is 9.90. The van der Waals surface area contributed by atoms with Gasteiger partial charge in [0.1, 0.15) is 6.10 Å². The highest BCUT2D eigenvalue weighted by molar-refractivity contribution is 4.84. The van der Waals surface area contributed by atoms with Gasteiger partial charge in [0.25, 0.3) is 0 Å². The lowest BCUT2D eigenvalue weighted by molar-refractivity contribution is 0.0574. The molecule has 1 unspecified atom stereocenters. The van der Waals surface area contributed by atoms with E-state index >= 15 is 0 Å². The van der Waals surface area contributed by atoms with E-state index in [9.17, 15) is 4.91 Å². The Morgan fingerprint density at radius 1 is 1.23 bits per heavy atom. The lowest BCUT2D eigenvalue weighted by Gasteiger charge is -2.22. The van der Waals surface area contributed by atoms with Crippen molar-refractivity contribution in [1.29, 1.82) is 0 Å². The Hall–Kier alpha value is -0.640. The predicted octanol–water partition coefficient (Wildman–Crippen LogP) is 1.70. The van der Waals surface area contributed by atoms with Crippen LogP contribution in [0, 0.1) is 4.91 Å². The Bertz CT molecular complexity index is 180. The van der Waals surface area contributed by atoms with E-state index in [4.69, 9.17) is 4.84 Å². The van der Waals surface area contributed by atoms with Crippen molar-refractivity contribution in [3.05, 3.63) is 4.91 Å². The first-order chi connectivity index (χ1) is 6.40. The average molecular weight is 184 g/mol. The number of hydrogen-bond donors (Lipinski definition) is 0. The molecule has 74 valence electrons. The summed E-state index contributed by atoms with van der Waals surface area (Å²) in [6.07, 6.45) is 6.38. The fraction of sp³-hybridized carbons (Fsp3) is 1.00. The van der Waals surface area contributed by atoms with Crippen LogP contribution in [0.4, 0.5) is 0 Å². The summed E-state index contributed by atoms with van der Waals surface area (Å²) < 4.78 is 0. The molecule has 4 nitrogen and oxygen atoms in total. The molecule has 13 heavy (non-hydrogen) atoms. The molecule has 1 atom stereocenters. The lowest BCUT2D eigenvalue weighted by Crippen LogP contribution is -2.31. The minimum absolute atomic E-state index is 0.0538. The third-order valence-electron chi connectivity index (χ3n) is 3.21. The molecule has 1 heterocycles. The van der Waals surface area contributed by atoms with Gasteiger partial charge in [0.05, 0.1) is 0 Å². The van der Waals surface area contributed by atoms with Crippen LogP contribution in [0.25, 0.3) is 0 Å². The quantitative estimate of drug-likeness (QED) is 0.495. The second-order valence-corrected chi connectivity index (χ2v) is 4.02. The molecule has 2 rings (SSSR count). The molecule has 1 aliphatic heterocycles. The first-order valence-electron chi connectivity index (χ1n) is 5.12. The summed E-state index contributed by atoms with van der Waals surface area (Å²) in [6.45, 7) is 1.97. The maximum absolute atomic E-state index is 9.90. The summed E-state index contributed by atoms with van der Waals surface area (Å²) >= 11 is 0. The van der Waals surface area contributed by atoms with Gasteiger partial charge in [-0.3, -0.25) is 4.90 Å². The summed E-state index contributed by atoms with van der Waals surface area (Å²) in [5.41, 5.74) is 0. The highest BCUT2D eigenvalue weighted by Gasteiger charge is 2.31. The Kier molecular flexibility index (Phi) is 2.78. The molecule has 1 saturated heterocycles. The van der Waals surface area contributed by atoms with Crippen LogP contribution in [-0.2, 0) is 4.84 Å². The molecular formula is C9H16N2O2. The van der Waals surface area contributed by atoms with E-state index in [0.717, 1.165) is 25.6 Å². The van der Waals surface area contributed by atoms with Crippen molar-refractivity contribution in [3.8, 4) is 0 Å². The van der Waals surface area contributed by atoms with Crippen LogP contribution >= 0.6 is 0 Å². The Labute approximate surface area is 78.2 Å². The third-order valence-corrected chi connectivity index (χ3v) is 3.21. The predicted molar refractivity (Wildman–Crippen MR) is 49.1 cm³/mol. The first-order valence-corrected chi connectivity index (χ1v) is 5.12. The van der Waals surface area contributed by atoms with E-state index < -0.39 is 0 Å². The Morgan fingerprint density at radius 3 is 2.69 bits per heavy atom. The van der Waals surface area contributed by atoms with Crippen molar-refractivity contribution in [3.63, 3.8) is 0 Å². The minimum atomic E-state index is 0.0538. The Balaban J connectivity index is 1.79. The molecule has 1 aliphatic carbocycles. The summed E-state index contributed by atoms with van der Waals surface area (Å²) in [5, 5.41) is 2.50. The van der Waals surface area contributed by atoms with Crippen LogP contribution in [0.15, 0.2) is 5.34 Å². The molecule has 4 heteroatoms. The molecule has 0 bridgehead atoms. The van der Waals surface area contributed by atoms with Gasteiger partial charge in [-0.2, -0.15) is 0 Å². The summed E-state index contributed by atoms with van der Waals surface area (Å²) in [4.78, 5) is 17.1. The van der Waals surface area contributed by atoms with E-state index in [2.05, 4.69) is 10.2 Å². The van der Waals surface area contributed by atoms with Crippen LogP contribution in [0.2, 0.25) is 0 Å². The van der Waals surface area contributed by atoms with Crippen molar-refractivity contribution in [2.75, 3.05) is 13.1 Å². The van der Waals surface area contributed by atoms with Crippen LogP contribution in [0.1, 0.15) is 32.1 Å². The molecule has 2 aliphatic rings. The zero-order valence-corrected chi connectivity index (χ0v) is 7.82. The molecule has 2 fully saturated rings. The summed E-state index contributed by atoms with van der Waals surface area (Å²) in [6, 6.07) is 0.750. The first kappa shape index (κ1) is 8.94. The van der Waals surface area contributed by atoms with Gasteiger partial charge in [-0.25, -0.2) is 0 Å². The molecule has 0 spiro atoms. The smallest absolute Gasteiger partial charge is 0.155 e. The minimum Gasteiger partial charge on any atom is -0.359 e. The molecule has 1 saturated carbocycles. The van der Waals surface area contributed by atoms with Crippen LogP contribution in [-0.4, -0.2) is 30.1 Å². The van der Waals surface area contributed by atoms with Crippen molar-refractivity contribution >= 4 is 0 Å². The summed E-state index contributed by atoms with van der Waals surface area (Å²) in [5.74, 6) is 0. The van der Waals surface area contributed by atoms with Crippen LogP contribution in [0.3, 0.4) is 0 Å². The SMILES string of the molecule is O=NOC1CCN(C2CCCC2)C1. The number of likely N-dealkylation sites (tertiary alicyclic amines) is 1. The van der Waals surface area contributed by atoms with E-state index in [1.807, 2.05) is 0 Å². The van der Waals surface area contributed by atoms with Crippen molar-refractivity contribution in [1.82, 2.24) is 4.90 Å². The fourth-order valence-corrected chi connectivity index (χ4v) is 2.50. The molecule has 0 N–H and O–H groups in total. The van der Waals surface area contributed by atoms with Gasteiger partial charge in [0.15, 0.2) is 5.34 Å².